The highest BCUT2D eigenvalue weighted by atomic mass is 32.2. The summed E-state index contributed by atoms with van der Waals surface area (Å²) in [5.41, 5.74) is 0.752. The van der Waals surface area contributed by atoms with E-state index < -0.39 is 10.1 Å². The Morgan fingerprint density at radius 3 is 3.00 bits per heavy atom. The molecule has 16 heavy (non-hydrogen) atoms. The van der Waals surface area contributed by atoms with E-state index in [4.69, 9.17) is 0 Å². The molecule has 0 aliphatic heterocycles. The van der Waals surface area contributed by atoms with Gasteiger partial charge in [0.2, 0.25) is 5.78 Å². The van der Waals surface area contributed by atoms with Gasteiger partial charge in [-0.05, 0) is 6.07 Å². The molecule has 0 bridgehead atoms. The SMILES string of the molecule is CS(=O)(=O)OCCc1cn2cccnc2n1. The van der Waals surface area contributed by atoms with Crippen molar-refractivity contribution in [3.05, 3.63) is 30.4 Å². The number of nitrogens with zero attached hydrogens (tertiary/aromatic N) is 3. The van der Waals surface area contributed by atoms with E-state index in [-0.39, 0.29) is 6.61 Å². The van der Waals surface area contributed by atoms with Gasteiger partial charge in [0.15, 0.2) is 0 Å². The topological polar surface area (TPSA) is 73.6 Å². The second-order valence-electron chi connectivity index (χ2n) is 3.34. The summed E-state index contributed by atoms with van der Waals surface area (Å²) in [5.74, 6) is 0.594. The van der Waals surface area contributed by atoms with E-state index in [1.807, 2.05) is 6.20 Å². The van der Waals surface area contributed by atoms with Crippen LogP contribution in [0.2, 0.25) is 0 Å². The molecule has 0 aliphatic rings. The first-order chi connectivity index (χ1) is 7.54. The second-order valence-corrected chi connectivity index (χ2v) is 4.98. The fourth-order valence-electron chi connectivity index (χ4n) is 1.30. The highest BCUT2D eigenvalue weighted by Gasteiger charge is 2.05. The highest BCUT2D eigenvalue weighted by Crippen LogP contribution is 2.03. The van der Waals surface area contributed by atoms with E-state index in [0.717, 1.165) is 11.9 Å². The lowest BCUT2D eigenvalue weighted by molar-refractivity contribution is 0.325. The van der Waals surface area contributed by atoms with Crippen molar-refractivity contribution >= 4 is 15.9 Å². The molecule has 6 nitrogen and oxygen atoms in total. The lowest BCUT2D eigenvalue weighted by atomic mass is 10.4. The Labute approximate surface area is 93.0 Å². The van der Waals surface area contributed by atoms with Crippen molar-refractivity contribution in [1.29, 1.82) is 0 Å². The Kier molecular flexibility index (Phi) is 2.88. The van der Waals surface area contributed by atoms with Crippen LogP contribution in [0.1, 0.15) is 5.69 Å². The third-order valence-corrected chi connectivity index (χ3v) is 2.54. The molecule has 0 saturated heterocycles. The molecular weight excluding hydrogens is 230 g/mol. The van der Waals surface area contributed by atoms with Gasteiger partial charge in [0.05, 0.1) is 18.6 Å². The van der Waals surface area contributed by atoms with E-state index in [0.29, 0.717) is 12.2 Å². The third kappa shape index (κ3) is 2.77. The van der Waals surface area contributed by atoms with E-state index in [9.17, 15) is 8.42 Å². The summed E-state index contributed by atoms with van der Waals surface area (Å²) < 4.78 is 27.9. The molecule has 0 unspecified atom stereocenters. The predicted octanol–water partition coefficient (Wildman–Crippen LogP) is 0.248. The van der Waals surface area contributed by atoms with Gasteiger partial charge < -0.3 is 0 Å². The van der Waals surface area contributed by atoms with Crippen molar-refractivity contribution in [2.24, 2.45) is 0 Å². The molecule has 0 fully saturated rings. The van der Waals surface area contributed by atoms with Crippen molar-refractivity contribution in [3.63, 3.8) is 0 Å². The smallest absolute Gasteiger partial charge is 0.264 e. The minimum Gasteiger partial charge on any atom is -0.291 e. The average Bonchev–Trinajstić information content (AvgIpc) is 2.57. The third-order valence-electron chi connectivity index (χ3n) is 1.94. The van der Waals surface area contributed by atoms with Gasteiger partial charge in [-0.15, -0.1) is 0 Å². The number of hydrogen-bond acceptors (Lipinski definition) is 5. The van der Waals surface area contributed by atoms with Crippen LogP contribution in [-0.4, -0.2) is 35.6 Å². The van der Waals surface area contributed by atoms with Crippen LogP contribution in [-0.2, 0) is 20.7 Å². The first-order valence-corrected chi connectivity index (χ1v) is 6.49. The molecule has 0 aromatic carbocycles. The first kappa shape index (κ1) is 11.0. The van der Waals surface area contributed by atoms with Crippen LogP contribution in [0.3, 0.4) is 0 Å². The van der Waals surface area contributed by atoms with Gasteiger partial charge >= 0.3 is 0 Å². The number of rotatable bonds is 4. The molecule has 0 saturated carbocycles. The Morgan fingerprint density at radius 1 is 1.50 bits per heavy atom. The van der Waals surface area contributed by atoms with Crippen molar-refractivity contribution in [3.8, 4) is 0 Å². The molecule has 0 aliphatic carbocycles. The Hall–Kier alpha value is -1.47. The molecule has 0 N–H and O–H groups in total. The summed E-state index contributed by atoms with van der Waals surface area (Å²) in [6.07, 6.45) is 6.75. The van der Waals surface area contributed by atoms with E-state index >= 15 is 0 Å². The summed E-state index contributed by atoms with van der Waals surface area (Å²) in [5, 5.41) is 0. The Morgan fingerprint density at radius 2 is 2.31 bits per heavy atom. The van der Waals surface area contributed by atoms with Crippen LogP contribution in [0.25, 0.3) is 5.78 Å². The number of aromatic nitrogens is 3. The average molecular weight is 241 g/mol. The van der Waals surface area contributed by atoms with Crippen LogP contribution >= 0.6 is 0 Å². The van der Waals surface area contributed by atoms with Gasteiger partial charge in [0.1, 0.15) is 0 Å². The molecular formula is C9H11N3O3S. The fourth-order valence-corrected chi connectivity index (χ4v) is 1.68. The molecule has 86 valence electrons. The molecule has 0 atom stereocenters. The summed E-state index contributed by atoms with van der Waals surface area (Å²) in [7, 11) is -3.37. The Bertz CT molecular complexity index is 558. The minimum absolute atomic E-state index is 0.0999. The van der Waals surface area contributed by atoms with Gasteiger partial charge in [-0.1, -0.05) is 0 Å². The van der Waals surface area contributed by atoms with Crippen molar-refractivity contribution in [2.45, 2.75) is 6.42 Å². The zero-order chi connectivity index (χ0) is 11.6. The number of fused-ring (bicyclic) bond motifs is 1. The lowest BCUT2D eigenvalue weighted by Gasteiger charge is -1.97. The molecule has 2 aromatic rings. The van der Waals surface area contributed by atoms with Crippen LogP contribution in [0.4, 0.5) is 0 Å². The van der Waals surface area contributed by atoms with Crippen LogP contribution < -0.4 is 0 Å². The summed E-state index contributed by atoms with van der Waals surface area (Å²) in [6, 6.07) is 1.80. The first-order valence-electron chi connectivity index (χ1n) is 4.67. The predicted molar refractivity (Wildman–Crippen MR) is 57.5 cm³/mol. The number of hydrogen-bond donors (Lipinski definition) is 0. The molecule has 0 spiro atoms. The van der Waals surface area contributed by atoms with E-state index in [1.165, 1.54) is 0 Å². The highest BCUT2D eigenvalue weighted by molar-refractivity contribution is 7.85. The van der Waals surface area contributed by atoms with Crippen LogP contribution in [0, 0.1) is 0 Å². The van der Waals surface area contributed by atoms with E-state index in [1.54, 1.807) is 22.9 Å². The standard InChI is InChI=1S/C9H11N3O3S/c1-16(13,14)15-6-3-8-7-12-5-2-4-10-9(12)11-8/h2,4-5,7H,3,6H2,1H3. The summed E-state index contributed by atoms with van der Waals surface area (Å²) in [6.45, 7) is 0.0999. The van der Waals surface area contributed by atoms with Gasteiger partial charge in [-0.25, -0.2) is 9.97 Å². The zero-order valence-corrected chi connectivity index (χ0v) is 9.51. The Balaban J connectivity index is 2.05. The van der Waals surface area contributed by atoms with Crippen molar-refractivity contribution in [2.75, 3.05) is 12.9 Å². The maximum absolute atomic E-state index is 10.7. The molecule has 0 amide bonds. The van der Waals surface area contributed by atoms with Crippen molar-refractivity contribution < 1.29 is 12.6 Å². The monoisotopic (exact) mass is 241 g/mol. The molecule has 2 rings (SSSR count). The maximum Gasteiger partial charge on any atom is 0.264 e. The lowest BCUT2D eigenvalue weighted by Crippen LogP contribution is -2.06. The molecule has 0 radical (unpaired) electrons. The largest absolute Gasteiger partial charge is 0.291 e. The molecule has 2 aromatic heterocycles. The molecule has 7 heteroatoms. The number of imidazole rings is 1. The fraction of sp³-hybridized carbons (Fsp3) is 0.333. The normalized spacial score (nSPS) is 12.1. The molecule has 2 heterocycles. The zero-order valence-electron chi connectivity index (χ0n) is 8.70. The van der Waals surface area contributed by atoms with Gasteiger partial charge in [0.25, 0.3) is 10.1 Å². The van der Waals surface area contributed by atoms with Gasteiger partial charge in [0, 0.05) is 25.0 Å². The quantitative estimate of drug-likeness (QED) is 0.717. The van der Waals surface area contributed by atoms with E-state index in [2.05, 4.69) is 14.2 Å². The maximum atomic E-state index is 10.7. The van der Waals surface area contributed by atoms with Crippen LogP contribution in [0.5, 0.6) is 0 Å². The van der Waals surface area contributed by atoms with Crippen LogP contribution in [0.15, 0.2) is 24.7 Å². The summed E-state index contributed by atoms with van der Waals surface area (Å²) in [4.78, 5) is 8.26. The minimum atomic E-state index is -3.37. The second kappa shape index (κ2) is 4.18. The van der Waals surface area contributed by atoms with Crippen molar-refractivity contribution in [1.82, 2.24) is 14.4 Å². The van der Waals surface area contributed by atoms with Gasteiger partial charge in [-0.2, -0.15) is 8.42 Å². The van der Waals surface area contributed by atoms with Gasteiger partial charge in [-0.3, -0.25) is 8.58 Å². The summed E-state index contributed by atoms with van der Waals surface area (Å²) >= 11 is 0.